The van der Waals surface area contributed by atoms with Crippen molar-refractivity contribution in [2.45, 2.75) is 40.2 Å². The Bertz CT molecular complexity index is 1090. The summed E-state index contributed by atoms with van der Waals surface area (Å²) in [5.41, 5.74) is 6.70. The molecule has 2 aliphatic heterocycles. The SMILES string of the molecule is CCOC(=O)N1CCN(CC(=O)N2N=C(c3cc(C)ccc3C)C[C@@H]2c2ccccc2C)CC1. The Kier molecular flexibility index (Phi) is 7.32. The summed E-state index contributed by atoms with van der Waals surface area (Å²) in [7, 11) is 0. The minimum absolute atomic E-state index is 0.0156. The Balaban J connectivity index is 1.53. The Morgan fingerprint density at radius 1 is 1.00 bits per heavy atom. The molecule has 0 N–H and O–H groups in total. The molecule has 0 unspecified atom stereocenters. The standard InChI is InChI=1S/C27H34N4O3/c1-5-34-27(33)30-14-12-29(13-15-30)18-26(32)31-25(22-9-7-6-8-20(22)3)17-24(28-31)23-16-19(2)10-11-21(23)4/h6-11,16,25H,5,12-15,17-18H2,1-4H3/t25-/m1/s1. The van der Waals surface area contributed by atoms with Gasteiger partial charge < -0.3 is 9.64 Å². The summed E-state index contributed by atoms with van der Waals surface area (Å²) in [6.07, 6.45) is 0.410. The van der Waals surface area contributed by atoms with Crippen LogP contribution in [0.25, 0.3) is 0 Å². The van der Waals surface area contributed by atoms with Crippen LogP contribution in [0.5, 0.6) is 0 Å². The highest BCUT2D eigenvalue weighted by atomic mass is 16.6. The summed E-state index contributed by atoms with van der Waals surface area (Å²) < 4.78 is 5.10. The van der Waals surface area contributed by atoms with Gasteiger partial charge in [0.1, 0.15) is 0 Å². The predicted molar refractivity (Wildman–Crippen MR) is 133 cm³/mol. The number of amides is 2. The predicted octanol–water partition coefficient (Wildman–Crippen LogP) is 4.06. The monoisotopic (exact) mass is 462 g/mol. The largest absolute Gasteiger partial charge is 0.450 e. The average Bonchev–Trinajstić information content (AvgIpc) is 3.27. The van der Waals surface area contributed by atoms with E-state index >= 15 is 0 Å². The van der Waals surface area contributed by atoms with E-state index < -0.39 is 0 Å². The molecule has 2 amide bonds. The molecule has 0 bridgehead atoms. The molecule has 7 heteroatoms. The van der Waals surface area contributed by atoms with Gasteiger partial charge in [0.2, 0.25) is 0 Å². The summed E-state index contributed by atoms with van der Waals surface area (Å²) in [4.78, 5) is 29.3. The Morgan fingerprint density at radius 2 is 1.74 bits per heavy atom. The Labute approximate surface area is 202 Å². The average molecular weight is 463 g/mol. The van der Waals surface area contributed by atoms with Crippen molar-refractivity contribution in [2.75, 3.05) is 39.3 Å². The van der Waals surface area contributed by atoms with Gasteiger partial charge in [-0.1, -0.05) is 42.0 Å². The lowest BCUT2D eigenvalue weighted by Crippen LogP contribution is -2.51. The number of rotatable bonds is 5. The van der Waals surface area contributed by atoms with Gasteiger partial charge in [0.25, 0.3) is 5.91 Å². The number of aryl methyl sites for hydroxylation is 3. The summed E-state index contributed by atoms with van der Waals surface area (Å²) in [6.45, 7) is 11.1. The zero-order valence-corrected chi connectivity index (χ0v) is 20.6. The van der Waals surface area contributed by atoms with Crippen LogP contribution in [0.15, 0.2) is 47.6 Å². The molecule has 2 heterocycles. The molecular formula is C27H34N4O3. The number of benzene rings is 2. The zero-order valence-electron chi connectivity index (χ0n) is 20.6. The molecule has 2 aromatic carbocycles. The van der Waals surface area contributed by atoms with Gasteiger partial charge in [0.05, 0.1) is 24.9 Å². The maximum absolute atomic E-state index is 13.5. The van der Waals surface area contributed by atoms with Crippen LogP contribution in [0.4, 0.5) is 4.79 Å². The number of piperazine rings is 1. The van der Waals surface area contributed by atoms with Crippen LogP contribution in [-0.4, -0.2) is 71.9 Å². The summed E-state index contributed by atoms with van der Waals surface area (Å²) in [5, 5.41) is 6.57. The van der Waals surface area contributed by atoms with Crippen molar-refractivity contribution in [1.29, 1.82) is 0 Å². The number of hydrogen-bond donors (Lipinski definition) is 0. The van der Waals surface area contributed by atoms with Gasteiger partial charge in [-0.2, -0.15) is 5.10 Å². The van der Waals surface area contributed by atoms with Crippen LogP contribution in [0, 0.1) is 20.8 Å². The van der Waals surface area contributed by atoms with Gasteiger partial charge >= 0.3 is 6.09 Å². The molecule has 4 rings (SSSR count). The third-order valence-corrected chi connectivity index (χ3v) is 6.67. The van der Waals surface area contributed by atoms with Crippen molar-refractivity contribution in [2.24, 2.45) is 5.10 Å². The molecule has 1 fully saturated rings. The van der Waals surface area contributed by atoms with Crippen molar-refractivity contribution in [3.05, 3.63) is 70.3 Å². The van der Waals surface area contributed by atoms with Crippen molar-refractivity contribution < 1.29 is 14.3 Å². The lowest BCUT2D eigenvalue weighted by Gasteiger charge is -2.34. The van der Waals surface area contributed by atoms with E-state index in [9.17, 15) is 9.59 Å². The van der Waals surface area contributed by atoms with E-state index in [0.717, 1.165) is 28.0 Å². The number of carbonyl (C=O) groups is 2. The second-order valence-electron chi connectivity index (χ2n) is 9.14. The highest BCUT2D eigenvalue weighted by Crippen LogP contribution is 2.35. The highest BCUT2D eigenvalue weighted by molar-refractivity contribution is 6.04. The van der Waals surface area contributed by atoms with Crippen molar-refractivity contribution >= 4 is 17.7 Å². The molecule has 1 saturated heterocycles. The van der Waals surface area contributed by atoms with Crippen LogP contribution in [-0.2, 0) is 9.53 Å². The lowest BCUT2D eigenvalue weighted by molar-refractivity contribution is -0.134. The second kappa shape index (κ2) is 10.4. The molecule has 0 saturated carbocycles. The fourth-order valence-electron chi connectivity index (χ4n) is 4.72. The quantitative estimate of drug-likeness (QED) is 0.672. The van der Waals surface area contributed by atoms with E-state index in [1.165, 1.54) is 5.56 Å². The van der Waals surface area contributed by atoms with E-state index in [1.807, 2.05) is 12.1 Å². The maximum atomic E-state index is 13.5. The molecule has 0 aliphatic carbocycles. The molecule has 0 spiro atoms. The molecule has 1 atom stereocenters. The molecule has 7 nitrogen and oxygen atoms in total. The minimum atomic E-state index is -0.282. The maximum Gasteiger partial charge on any atom is 0.409 e. The molecule has 2 aliphatic rings. The molecule has 0 radical (unpaired) electrons. The first-order valence-corrected chi connectivity index (χ1v) is 12.0. The van der Waals surface area contributed by atoms with E-state index in [1.54, 1.807) is 16.8 Å². The van der Waals surface area contributed by atoms with Gasteiger partial charge in [0, 0.05) is 38.2 Å². The van der Waals surface area contributed by atoms with Gasteiger partial charge in [-0.25, -0.2) is 9.80 Å². The fraction of sp³-hybridized carbons (Fsp3) is 0.444. The van der Waals surface area contributed by atoms with Crippen LogP contribution in [0.3, 0.4) is 0 Å². The van der Waals surface area contributed by atoms with Crippen molar-refractivity contribution in [3.63, 3.8) is 0 Å². The first-order valence-electron chi connectivity index (χ1n) is 12.0. The van der Waals surface area contributed by atoms with Crippen molar-refractivity contribution in [1.82, 2.24) is 14.8 Å². The van der Waals surface area contributed by atoms with Crippen LogP contribution in [0.2, 0.25) is 0 Å². The van der Waals surface area contributed by atoms with Crippen LogP contribution in [0.1, 0.15) is 47.2 Å². The van der Waals surface area contributed by atoms with Gasteiger partial charge in [0.15, 0.2) is 0 Å². The molecule has 2 aromatic rings. The fourth-order valence-corrected chi connectivity index (χ4v) is 4.72. The van der Waals surface area contributed by atoms with Gasteiger partial charge in [-0.3, -0.25) is 9.69 Å². The first-order chi connectivity index (χ1) is 16.4. The van der Waals surface area contributed by atoms with E-state index in [0.29, 0.717) is 39.2 Å². The molecular weight excluding hydrogens is 428 g/mol. The normalized spacial score (nSPS) is 18.7. The third-order valence-electron chi connectivity index (χ3n) is 6.67. The molecule has 0 aromatic heterocycles. The summed E-state index contributed by atoms with van der Waals surface area (Å²) in [6, 6.07) is 14.5. The number of hydrazone groups is 1. The van der Waals surface area contributed by atoms with Crippen LogP contribution < -0.4 is 0 Å². The van der Waals surface area contributed by atoms with E-state index in [2.05, 4.69) is 56.0 Å². The van der Waals surface area contributed by atoms with E-state index in [-0.39, 0.29) is 24.6 Å². The molecule has 180 valence electrons. The highest BCUT2D eigenvalue weighted by Gasteiger charge is 2.35. The summed E-state index contributed by atoms with van der Waals surface area (Å²) in [5.74, 6) is -0.0156. The van der Waals surface area contributed by atoms with E-state index in [4.69, 9.17) is 9.84 Å². The lowest BCUT2D eigenvalue weighted by atomic mass is 9.93. The van der Waals surface area contributed by atoms with Crippen LogP contribution >= 0.6 is 0 Å². The topological polar surface area (TPSA) is 65.5 Å². The summed E-state index contributed by atoms with van der Waals surface area (Å²) >= 11 is 0. The number of nitrogens with zero attached hydrogens (tertiary/aromatic N) is 4. The number of carbonyl (C=O) groups excluding carboxylic acids is 2. The number of hydrogen-bond acceptors (Lipinski definition) is 5. The van der Waals surface area contributed by atoms with Gasteiger partial charge in [-0.05, 0) is 50.5 Å². The smallest absolute Gasteiger partial charge is 0.409 e. The van der Waals surface area contributed by atoms with Gasteiger partial charge in [-0.15, -0.1) is 0 Å². The Morgan fingerprint density at radius 3 is 2.44 bits per heavy atom. The van der Waals surface area contributed by atoms with Crippen molar-refractivity contribution in [3.8, 4) is 0 Å². The molecule has 34 heavy (non-hydrogen) atoms. The Hall–Kier alpha value is -3.19. The third kappa shape index (κ3) is 5.14. The zero-order chi connectivity index (χ0) is 24.2. The minimum Gasteiger partial charge on any atom is -0.450 e. The number of ether oxygens (including phenoxy) is 1. The first kappa shape index (κ1) is 24.0. The second-order valence-corrected chi connectivity index (χ2v) is 9.14.